The van der Waals surface area contributed by atoms with Crippen molar-refractivity contribution in [2.24, 2.45) is 11.8 Å². The first-order chi connectivity index (χ1) is 9.61. The Labute approximate surface area is 119 Å². The summed E-state index contributed by atoms with van der Waals surface area (Å²) >= 11 is 0. The molecule has 0 aliphatic carbocycles. The van der Waals surface area contributed by atoms with Crippen LogP contribution in [-0.2, 0) is 0 Å². The molecule has 0 radical (unpaired) electrons. The molecule has 0 amide bonds. The van der Waals surface area contributed by atoms with Crippen LogP contribution in [0.4, 0.5) is 10.2 Å². The smallest absolute Gasteiger partial charge is 0.256 e. The van der Waals surface area contributed by atoms with E-state index in [1.54, 1.807) is 6.92 Å². The lowest BCUT2D eigenvalue weighted by Gasteiger charge is -2.35. The molecule has 0 N–H and O–H groups in total. The quantitative estimate of drug-likeness (QED) is 0.796. The van der Waals surface area contributed by atoms with Gasteiger partial charge in [-0.25, -0.2) is 4.98 Å². The van der Waals surface area contributed by atoms with Crippen LogP contribution in [-0.4, -0.2) is 29.7 Å². The van der Waals surface area contributed by atoms with E-state index < -0.39 is 5.82 Å². The first-order valence-electron chi connectivity index (χ1n) is 6.89. The fraction of sp³-hybridized carbons (Fsp3) is 0.600. The second-order valence-electron chi connectivity index (χ2n) is 5.38. The monoisotopic (exact) mass is 277 g/mol. The molecule has 0 aromatic carbocycles. The molecule has 5 heteroatoms. The van der Waals surface area contributed by atoms with Crippen molar-refractivity contribution in [1.82, 2.24) is 9.97 Å². The Morgan fingerprint density at radius 3 is 2.70 bits per heavy atom. The Morgan fingerprint density at radius 1 is 1.35 bits per heavy atom. The molecule has 1 aromatic rings. The van der Waals surface area contributed by atoms with Crippen molar-refractivity contribution in [3.8, 4) is 17.7 Å². The Bertz CT molecular complexity index is 514. The van der Waals surface area contributed by atoms with Gasteiger partial charge in [0.1, 0.15) is 6.33 Å². The Hall–Kier alpha value is -1.83. The van der Waals surface area contributed by atoms with Gasteiger partial charge in [-0.3, -0.25) is 0 Å². The number of rotatable bonds is 3. The second-order valence-corrected chi connectivity index (χ2v) is 5.38. The van der Waals surface area contributed by atoms with E-state index in [0.717, 1.165) is 13.1 Å². The molecule has 0 unspecified atom stereocenters. The van der Waals surface area contributed by atoms with Gasteiger partial charge in [0.05, 0.1) is 0 Å². The number of anilines is 1. The first kappa shape index (κ1) is 14.6. The molecule has 108 valence electrons. The lowest BCUT2D eigenvalue weighted by Crippen LogP contribution is -2.39. The number of hydrogen-bond donors (Lipinski definition) is 0. The average Bonchev–Trinajstić information content (AvgIpc) is 2.40. The van der Waals surface area contributed by atoms with Crippen molar-refractivity contribution < 1.29 is 9.13 Å². The SMILES string of the molecule is CC#CCOc1ncnc(N2C[C@H](C)C[C@H](C)C2)c1F. The van der Waals surface area contributed by atoms with E-state index in [4.69, 9.17) is 4.74 Å². The van der Waals surface area contributed by atoms with Gasteiger partial charge >= 0.3 is 0 Å². The topological polar surface area (TPSA) is 38.3 Å². The van der Waals surface area contributed by atoms with Crippen LogP contribution in [0.1, 0.15) is 27.2 Å². The van der Waals surface area contributed by atoms with Gasteiger partial charge < -0.3 is 9.64 Å². The molecule has 1 aliphatic heterocycles. The van der Waals surface area contributed by atoms with Crippen LogP contribution >= 0.6 is 0 Å². The molecule has 1 aromatic heterocycles. The zero-order valence-electron chi connectivity index (χ0n) is 12.2. The molecule has 2 rings (SSSR count). The van der Waals surface area contributed by atoms with Crippen LogP contribution in [0.2, 0.25) is 0 Å². The summed E-state index contributed by atoms with van der Waals surface area (Å²) in [5, 5.41) is 0. The largest absolute Gasteiger partial charge is 0.462 e. The summed E-state index contributed by atoms with van der Waals surface area (Å²) in [7, 11) is 0. The molecule has 2 heterocycles. The van der Waals surface area contributed by atoms with E-state index in [9.17, 15) is 4.39 Å². The minimum absolute atomic E-state index is 0.0244. The van der Waals surface area contributed by atoms with E-state index in [1.165, 1.54) is 12.7 Å². The molecule has 4 nitrogen and oxygen atoms in total. The van der Waals surface area contributed by atoms with Crippen molar-refractivity contribution in [3.05, 3.63) is 12.1 Å². The van der Waals surface area contributed by atoms with Crippen molar-refractivity contribution in [2.75, 3.05) is 24.6 Å². The van der Waals surface area contributed by atoms with Gasteiger partial charge in [-0.15, -0.1) is 5.92 Å². The summed E-state index contributed by atoms with van der Waals surface area (Å²) in [6.07, 6.45) is 2.51. The molecule has 0 saturated carbocycles. The van der Waals surface area contributed by atoms with Crippen LogP contribution in [0.25, 0.3) is 0 Å². The van der Waals surface area contributed by atoms with E-state index in [-0.39, 0.29) is 12.5 Å². The van der Waals surface area contributed by atoms with E-state index in [0.29, 0.717) is 17.7 Å². The molecule has 0 bridgehead atoms. The average molecular weight is 277 g/mol. The molecule has 2 atom stereocenters. The van der Waals surface area contributed by atoms with Gasteiger partial charge in [-0.1, -0.05) is 19.8 Å². The number of ether oxygens (including phenoxy) is 1. The molecular weight excluding hydrogens is 257 g/mol. The zero-order chi connectivity index (χ0) is 14.5. The summed E-state index contributed by atoms with van der Waals surface area (Å²) in [6.45, 7) is 7.82. The van der Waals surface area contributed by atoms with Gasteiger partial charge in [0.2, 0.25) is 5.82 Å². The maximum absolute atomic E-state index is 14.4. The lowest BCUT2D eigenvalue weighted by molar-refractivity contribution is 0.325. The molecule has 1 aliphatic rings. The van der Waals surface area contributed by atoms with Gasteiger partial charge in [-0.2, -0.15) is 9.37 Å². The highest BCUT2D eigenvalue weighted by atomic mass is 19.1. The number of aromatic nitrogens is 2. The van der Waals surface area contributed by atoms with Gasteiger partial charge in [0.15, 0.2) is 12.4 Å². The lowest BCUT2D eigenvalue weighted by atomic mass is 9.92. The third-order valence-electron chi connectivity index (χ3n) is 3.37. The number of nitrogens with zero attached hydrogens (tertiary/aromatic N) is 3. The normalized spacial score (nSPS) is 22.1. The molecule has 1 fully saturated rings. The van der Waals surface area contributed by atoms with E-state index in [2.05, 4.69) is 35.7 Å². The highest BCUT2D eigenvalue weighted by Crippen LogP contribution is 2.29. The van der Waals surface area contributed by atoms with Crippen LogP contribution in [0, 0.1) is 29.5 Å². The summed E-state index contributed by atoms with van der Waals surface area (Å²) in [6, 6.07) is 0. The van der Waals surface area contributed by atoms with E-state index >= 15 is 0 Å². The van der Waals surface area contributed by atoms with Crippen LogP contribution in [0.5, 0.6) is 5.88 Å². The first-order valence-corrected chi connectivity index (χ1v) is 6.89. The fourth-order valence-corrected chi connectivity index (χ4v) is 2.68. The van der Waals surface area contributed by atoms with Gasteiger partial charge in [0, 0.05) is 13.1 Å². The maximum atomic E-state index is 14.4. The van der Waals surface area contributed by atoms with Crippen LogP contribution < -0.4 is 9.64 Å². The summed E-state index contributed by atoms with van der Waals surface area (Å²) in [4.78, 5) is 9.90. The highest BCUT2D eigenvalue weighted by molar-refractivity contribution is 5.43. The maximum Gasteiger partial charge on any atom is 0.256 e. The Kier molecular flexibility index (Phi) is 4.78. The summed E-state index contributed by atoms with van der Waals surface area (Å²) in [5.41, 5.74) is 0. The minimum atomic E-state index is -0.494. The van der Waals surface area contributed by atoms with Crippen molar-refractivity contribution >= 4 is 5.82 Å². The van der Waals surface area contributed by atoms with Crippen molar-refractivity contribution in [1.29, 1.82) is 0 Å². The Morgan fingerprint density at radius 2 is 2.05 bits per heavy atom. The van der Waals surface area contributed by atoms with Gasteiger partial charge in [0.25, 0.3) is 5.88 Å². The van der Waals surface area contributed by atoms with Crippen molar-refractivity contribution in [3.63, 3.8) is 0 Å². The van der Waals surface area contributed by atoms with Crippen LogP contribution in [0.15, 0.2) is 6.33 Å². The number of hydrogen-bond acceptors (Lipinski definition) is 4. The van der Waals surface area contributed by atoms with Gasteiger partial charge in [-0.05, 0) is 25.2 Å². The van der Waals surface area contributed by atoms with Crippen LogP contribution in [0.3, 0.4) is 0 Å². The summed E-state index contributed by atoms with van der Waals surface area (Å²) in [5.74, 6) is 6.29. The standard InChI is InChI=1S/C15H20FN3O/c1-4-5-6-20-15-13(16)14(17-10-18-15)19-8-11(2)7-12(3)9-19/h10-12H,6-9H2,1-3H3/t11-,12+. The minimum Gasteiger partial charge on any atom is -0.462 e. The third-order valence-corrected chi connectivity index (χ3v) is 3.37. The second kappa shape index (κ2) is 6.56. The Balaban J connectivity index is 2.18. The molecule has 1 saturated heterocycles. The summed E-state index contributed by atoms with van der Waals surface area (Å²) < 4.78 is 19.6. The predicted molar refractivity (Wildman–Crippen MR) is 76.1 cm³/mol. The zero-order valence-corrected chi connectivity index (χ0v) is 12.2. The number of piperidine rings is 1. The third kappa shape index (κ3) is 3.38. The highest BCUT2D eigenvalue weighted by Gasteiger charge is 2.26. The predicted octanol–water partition coefficient (Wildman–Crippen LogP) is 2.50. The fourth-order valence-electron chi connectivity index (χ4n) is 2.68. The van der Waals surface area contributed by atoms with Crippen molar-refractivity contribution in [2.45, 2.75) is 27.2 Å². The molecule has 0 spiro atoms. The molecule has 20 heavy (non-hydrogen) atoms. The number of halogens is 1. The van der Waals surface area contributed by atoms with E-state index in [1.807, 2.05) is 4.90 Å². The molecular formula is C15H20FN3O.